The van der Waals surface area contributed by atoms with E-state index >= 15 is 0 Å². The number of ether oxygens (including phenoxy) is 2. The second-order valence-electron chi connectivity index (χ2n) is 6.05. The third-order valence-corrected chi connectivity index (χ3v) is 3.96. The maximum atomic E-state index is 13.2. The summed E-state index contributed by atoms with van der Waals surface area (Å²) < 4.78 is 99.7. The molecule has 0 saturated carbocycles. The van der Waals surface area contributed by atoms with Gasteiger partial charge in [-0.2, -0.15) is 22.0 Å². The van der Waals surface area contributed by atoms with Crippen molar-refractivity contribution in [3.8, 4) is 17.2 Å². The molecule has 0 bridgehead atoms. The van der Waals surface area contributed by atoms with Gasteiger partial charge in [0.05, 0.1) is 18.1 Å². The van der Waals surface area contributed by atoms with E-state index in [4.69, 9.17) is 26.2 Å². The lowest BCUT2D eigenvalue weighted by atomic mass is 10.3. The molecule has 0 radical (unpaired) electrons. The smallest absolute Gasteiger partial charge is 0.455 e. The Hall–Kier alpha value is -2.89. The number of alkyl halides is 5. The van der Waals surface area contributed by atoms with Crippen molar-refractivity contribution in [2.75, 3.05) is 19.7 Å². The van der Waals surface area contributed by atoms with Crippen LogP contribution in [0.25, 0.3) is 0 Å². The van der Waals surface area contributed by atoms with Crippen LogP contribution in [0.1, 0.15) is 0 Å². The van der Waals surface area contributed by atoms with Crippen LogP contribution in [0, 0.1) is 11.6 Å². The minimum atomic E-state index is -5.91. The van der Waals surface area contributed by atoms with E-state index < -0.39 is 49.5 Å². The first-order valence-electron chi connectivity index (χ1n) is 8.27. The Morgan fingerprint density at radius 3 is 2.13 bits per heavy atom. The quantitative estimate of drug-likeness (QED) is 0.478. The number of rotatable bonds is 8. The lowest BCUT2D eigenvalue weighted by molar-refractivity contribution is -0.284. The summed E-state index contributed by atoms with van der Waals surface area (Å²) in [6.07, 6.45) is -7.91. The molecule has 0 fully saturated rings. The summed E-state index contributed by atoms with van der Waals surface area (Å²) in [6.45, 7) is -3.49. The number of carbonyl (C=O) groups is 1. The average Bonchev–Trinajstić information content (AvgIpc) is 2.60. The van der Waals surface area contributed by atoms with Crippen molar-refractivity contribution in [3.05, 3.63) is 53.1 Å². The van der Waals surface area contributed by atoms with E-state index in [2.05, 4.69) is 0 Å². The Kier molecular flexibility index (Phi) is 7.47. The number of hydrogen-bond donors (Lipinski definition) is 1. The van der Waals surface area contributed by atoms with Crippen molar-refractivity contribution in [2.24, 2.45) is 0 Å². The second kappa shape index (κ2) is 9.50. The standard InChI is InChI=1S/C18H13ClF7NO4/c19-14-8-12(31-13-6-10(20)5-11(21)7-13)1-2-15(14)30-4-3-27(16(28)29)9-17(22,23)18(24,25)26/h1-2,5-8H,3-4,9H2,(H,28,29). The molecule has 0 saturated heterocycles. The number of nitrogens with zero attached hydrogens (tertiary/aromatic N) is 1. The molecule has 0 heterocycles. The van der Waals surface area contributed by atoms with Gasteiger partial charge in [0.15, 0.2) is 0 Å². The number of benzene rings is 2. The van der Waals surface area contributed by atoms with Gasteiger partial charge in [0.25, 0.3) is 0 Å². The van der Waals surface area contributed by atoms with Gasteiger partial charge in [-0.1, -0.05) is 11.6 Å². The zero-order valence-electron chi connectivity index (χ0n) is 15.2. The highest BCUT2D eigenvalue weighted by Crippen LogP contribution is 2.36. The Labute approximate surface area is 175 Å². The van der Waals surface area contributed by atoms with Crippen LogP contribution in [-0.4, -0.2) is 47.9 Å². The molecule has 170 valence electrons. The Morgan fingerprint density at radius 1 is 1.00 bits per heavy atom. The molecule has 1 amide bonds. The average molecular weight is 476 g/mol. The lowest BCUT2D eigenvalue weighted by Gasteiger charge is -2.26. The zero-order chi connectivity index (χ0) is 23.4. The fourth-order valence-corrected chi connectivity index (χ4v) is 2.45. The summed E-state index contributed by atoms with van der Waals surface area (Å²) in [5, 5.41) is 8.74. The first-order valence-corrected chi connectivity index (χ1v) is 8.65. The normalized spacial score (nSPS) is 11.9. The molecule has 1 N–H and O–H groups in total. The van der Waals surface area contributed by atoms with Crippen LogP contribution in [0.2, 0.25) is 5.02 Å². The molecule has 2 aromatic carbocycles. The van der Waals surface area contributed by atoms with Gasteiger partial charge in [-0.15, -0.1) is 0 Å². The van der Waals surface area contributed by atoms with Gasteiger partial charge < -0.3 is 14.6 Å². The summed E-state index contributed by atoms with van der Waals surface area (Å²) in [5.74, 6) is -7.16. The number of amides is 1. The second-order valence-corrected chi connectivity index (χ2v) is 6.46. The SMILES string of the molecule is O=C(O)N(CCOc1ccc(Oc2cc(F)cc(F)c2)cc1Cl)CC(F)(F)C(F)(F)F. The van der Waals surface area contributed by atoms with E-state index in [0.29, 0.717) is 6.07 Å². The lowest BCUT2D eigenvalue weighted by Crippen LogP contribution is -2.49. The largest absolute Gasteiger partial charge is 0.490 e. The van der Waals surface area contributed by atoms with E-state index in [9.17, 15) is 35.5 Å². The van der Waals surface area contributed by atoms with Gasteiger partial charge in [0.1, 0.15) is 35.5 Å². The van der Waals surface area contributed by atoms with E-state index in [1.807, 2.05) is 0 Å². The molecule has 0 atom stereocenters. The number of carboxylic acid groups (broad SMARTS) is 1. The van der Waals surface area contributed by atoms with Gasteiger partial charge in [-0.25, -0.2) is 13.6 Å². The van der Waals surface area contributed by atoms with Crippen molar-refractivity contribution >= 4 is 17.7 Å². The monoisotopic (exact) mass is 475 g/mol. The van der Waals surface area contributed by atoms with Crippen LogP contribution in [0.15, 0.2) is 36.4 Å². The predicted octanol–water partition coefficient (Wildman–Crippen LogP) is 5.97. The molecule has 0 unspecified atom stereocenters. The fourth-order valence-electron chi connectivity index (χ4n) is 2.22. The first-order chi connectivity index (χ1) is 14.3. The molecule has 0 aromatic heterocycles. The zero-order valence-corrected chi connectivity index (χ0v) is 16.0. The molecule has 0 spiro atoms. The third-order valence-electron chi connectivity index (χ3n) is 3.67. The highest BCUT2D eigenvalue weighted by Gasteiger charge is 2.58. The minimum absolute atomic E-state index is 0.0549. The van der Waals surface area contributed by atoms with E-state index in [1.165, 1.54) is 18.2 Å². The molecule has 13 heteroatoms. The van der Waals surface area contributed by atoms with Crippen molar-refractivity contribution in [1.82, 2.24) is 4.90 Å². The molecule has 0 aliphatic heterocycles. The fraction of sp³-hybridized carbons (Fsp3) is 0.278. The maximum absolute atomic E-state index is 13.2. The highest BCUT2D eigenvalue weighted by molar-refractivity contribution is 6.32. The predicted molar refractivity (Wildman–Crippen MR) is 94.0 cm³/mol. The minimum Gasteiger partial charge on any atom is -0.490 e. The van der Waals surface area contributed by atoms with Crippen LogP contribution < -0.4 is 9.47 Å². The number of halogens is 8. The molecule has 2 aromatic rings. The Bertz CT molecular complexity index is 919. The Balaban J connectivity index is 1.99. The molecule has 0 aliphatic rings. The van der Waals surface area contributed by atoms with Crippen LogP contribution in [0.3, 0.4) is 0 Å². The first kappa shape index (κ1) is 24.4. The summed E-state index contributed by atoms with van der Waals surface area (Å²) >= 11 is 5.95. The molecule has 31 heavy (non-hydrogen) atoms. The van der Waals surface area contributed by atoms with Gasteiger partial charge in [0, 0.05) is 24.3 Å². The van der Waals surface area contributed by atoms with Gasteiger partial charge >= 0.3 is 18.2 Å². The van der Waals surface area contributed by atoms with Crippen LogP contribution >= 0.6 is 11.6 Å². The van der Waals surface area contributed by atoms with Crippen molar-refractivity contribution in [3.63, 3.8) is 0 Å². The van der Waals surface area contributed by atoms with Crippen LogP contribution in [-0.2, 0) is 0 Å². The number of hydrogen-bond acceptors (Lipinski definition) is 3. The molecule has 0 aliphatic carbocycles. The molecular formula is C18H13ClF7NO4. The molecular weight excluding hydrogens is 463 g/mol. The highest BCUT2D eigenvalue weighted by atomic mass is 35.5. The third kappa shape index (κ3) is 6.81. The summed E-state index contributed by atoms with van der Waals surface area (Å²) in [7, 11) is 0. The molecule has 2 rings (SSSR count). The molecule has 5 nitrogen and oxygen atoms in total. The Morgan fingerprint density at radius 2 is 1.61 bits per heavy atom. The van der Waals surface area contributed by atoms with Crippen molar-refractivity contribution < 1.29 is 50.1 Å². The van der Waals surface area contributed by atoms with Crippen molar-refractivity contribution in [2.45, 2.75) is 12.1 Å². The van der Waals surface area contributed by atoms with E-state index in [0.717, 1.165) is 12.1 Å². The summed E-state index contributed by atoms with van der Waals surface area (Å²) in [4.78, 5) is 10.8. The van der Waals surface area contributed by atoms with E-state index in [1.54, 1.807) is 0 Å². The van der Waals surface area contributed by atoms with Gasteiger partial charge in [0.2, 0.25) is 0 Å². The van der Waals surface area contributed by atoms with Gasteiger partial charge in [-0.05, 0) is 12.1 Å². The topological polar surface area (TPSA) is 59.0 Å². The van der Waals surface area contributed by atoms with Crippen LogP contribution in [0.5, 0.6) is 17.2 Å². The van der Waals surface area contributed by atoms with E-state index in [-0.39, 0.29) is 27.2 Å². The van der Waals surface area contributed by atoms with Gasteiger partial charge in [-0.3, -0.25) is 4.90 Å². The summed E-state index contributed by atoms with van der Waals surface area (Å²) in [5.41, 5.74) is 0. The summed E-state index contributed by atoms with van der Waals surface area (Å²) in [6, 6.07) is 6.16. The van der Waals surface area contributed by atoms with Crippen LogP contribution in [0.4, 0.5) is 35.5 Å². The maximum Gasteiger partial charge on any atom is 0.455 e. The van der Waals surface area contributed by atoms with Crippen molar-refractivity contribution in [1.29, 1.82) is 0 Å².